The van der Waals surface area contributed by atoms with Crippen LogP contribution in [0.4, 0.5) is 5.69 Å². The number of carbonyl (C=O) groups is 2. The molecule has 3 aromatic carbocycles. The SMILES string of the molecule is COc1ccc(CNC(=O)CNC(=O)c2cc(S(=O)(=O)Nc3ccc(OC)cc3)ccc2C)cc1. The van der Waals surface area contributed by atoms with E-state index in [1.54, 1.807) is 56.5 Å². The van der Waals surface area contributed by atoms with Gasteiger partial charge < -0.3 is 20.1 Å². The van der Waals surface area contributed by atoms with Crippen LogP contribution in [-0.2, 0) is 21.4 Å². The standard InChI is InChI=1S/C25H27N3O6S/c1-17-4-13-22(35(31,32)28-19-7-11-21(34-3)12-8-19)14-23(17)25(30)27-16-24(29)26-15-18-5-9-20(33-2)10-6-18/h4-14,28H,15-16H2,1-3H3,(H,26,29)(H,27,30). The maximum Gasteiger partial charge on any atom is 0.261 e. The molecular formula is C25H27N3O6S. The summed E-state index contributed by atoms with van der Waals surface area (Å²) in [4.78, 5) is 24.8. The van der Waals surface area contributed by atoms with E-state index in [2.05, 4.69) is 15.4 Å². The maximum atomic E-state index is 12.8. The van der Waals surface area contributed by atoms with Crippen LogP contribution < -0.4 is 24.8 Å². The zero-order chi connectivity index (χ0) is 25.4. The molecule has 184 valence electrons. The second-order valence-electron chi connectivity index (χ2n) is 7.62. The number of hydrogen-bond donors (Lipinski definition) is 3. The number of rotatable bonds is 10. The minimum atomic E-state index is -3.94. The lowest BCUT2D eigenvalue weighted by molar-refractivity contribution is -0.120. The number of nitrogens with one attached hydrogen (secondary N) is 3. The molecule has 0 aliphatic heterocycles. The monoisotopic (exact) mass is 497 g/mol. The van der Waals surface area contributed by atoms with Gasteiger partial charge in [-0.3, -0.25) is 14.3 Å². The van der Waals surface area contributed by atoms with Crippen molar-refractivity contribution in [2.24, 2.45) is 0 Å². The summed E-state index contributed by atoms with van der Waals surface area (Å²) in [6.07, 6.45) is 0. The molecule has 0 spiro atoms. The molecule has 0 aromatic heterocycles. The molecule has 2 amide bonds. The Morgan fingerprint density at radius 3 is 2.03 bits per heavy atom. The van der Waals surface area contributed by atoms with E-state index < -0.39 is 15.9 Å². The first-order valence-corrected chi connectivity index (χ1v) is 12.2. The van der Waals surface area contributed by atoms with Gasteiger partial charge in [0.05, 0.1) is 25.7 Å². The van der Waals surface area contributed by atoms with Crippen molar-refractivity contribution in [1.29, 1.82) is 0 Å². The molecular weight excluding hydrogens is 470 g/mol. The van der Waals surface area contributed by atoms with Crippen LogP contribution in [0.5, 0.6) is 11.5 Å². The Kier molecular flexibility index (Phi) is 8.32. The highest BCUT2D eigenvalue weighted by atomic mass is 32.2. The Morgan fingerprint density at radius 1 is 0.829 bits per heavy atom. The number of methoxy groups -OCH3 is 2. The smallest absolute Gasteiger partial charge is 0.261 e. The third-order valence-electron chi connectivity index (χ3n) is 5.16. The Bertz CT molecular complexity index is 1290. The zero-order valence-corrected chi connectivity index (χ0v) is 20.4. The van der Waals surface area contributed by atoms with Crippen molar-refractivity contribution in [2.45, 2.75) is 18.4 Å². The molecule has 35 heavy (non-hydrogen) atoms. The van der Waals surface area contributed by atoms with E-state index >= 15 is 0 Å². The number of anilines is 1. The molecule has 0 radical (unpaired) electrons. The number of hydrogen-bond acceptors (Lipinski definition) is 6. The summed E-state index contributed by atoms with van der Waals surface area (Å²) in [5.41, 5.74) is 1.96. The van der Waals surface area contributed by atoms with Crippen LogP contribution in [0.2, 0.25) is 0 Å². The highest BCUT2D eigenvalue weighted by molar-refractivity contribution is 7.92. The van der Waals surface area contributed by atoms with E-state index in [9.17, 15) is 18.0 Å². The van der Waals surface area contributed by atoms with Gasteiger partial charge in [0.2, 0.25) is 5.91 Å². The number of amides is 2. The molecule has 0 aliphatic rings. The number of sulfonamides is 1. The lowest BCUT2D eigenvalue weighted by Gasteiger charge is -2.12. The summed E-state index contributed by atoms with van der Waals surface area (Å²) < 4.78 is 38.3. The van der Waals surface area contributed by atoms with Gasteiger partial charge in [0.25, 0.3) is 15.9 Å². The van der Waals surface area contributed by atoms with Crippen molar-refractivity contribution in [3.05, 3.63) is 83.4 Å². The van der Waals surface area contributed by atoms with Gasteiger partial charge in [0.15, 0.2) is 0 Å². The molecule has 3 rings (SSSR count). The highest BCUT2D eigenvalue weighted by Crippen LogP contribution is 2.21. The summed E-state index contributed by atoms with van der Waals surface area (Å²) in [6.45, 7) is 1.73. The summed E-state index contributed by atoms with van der Waals surface area (Å²) >= 11 is 0. The molecule has 0 heterocycles. The average molecular weight is 498 g/mol. The fourth-order valence-corrected chi connectivity index (χ4v) is 4.23. The molecule has 0 aliphatic carbocycles. The fourth-order valence-electron chi connectivity index (χ4n) is 3.15. The van der Waals surface area contributed by atoms with Crippen LogP contribution in [0.25, 0.3) is 0 Å². The van der Waals surface area contributed by atoms with Gasteiger partial charge in [-0.15, -0.1) is 0 Å². The topological polar surface area (TPSA) is 123 Å². The van der Waals surface area contributed by atoms with Gasteiger partial charge in [-0.25, -0.2) is 8.42 Å². The Balaban J connectivity index is 1.61. The van der Waals surface area contributed by atoms with E-state index in [-0.39, 0.29) is 22.9 Å². The first-order chi connectivity index (χ1) is 16.7. The predicted octanol–water partition coefficient (Wildman–Crippen LogP) is 2.86. The maximum absolute atomic E-state index is 12.8. The van der Waals surface area contributed by atoms with Crippen molar-refractivity contribution in [3.63, 3.8) is 0 Å². The van der Waals surface area contributed by atoms with Crippen LogP contribution in [0.1, 0.15) is 21.5 Å². The Labute approximate surface area is 204 Å². The Morgan fingerprint density at radius 2 is 1.43 bits per heavy atom. The molecule has 10 heteroatoms. The van der Waals surface area contributed by atoms with E-state index in [1.807, 2.05) is 12.1 Å². The molecule has 0 unspecified atom stereocenters. The predicted molar refractivity (Wildman–Crippen MR) is 132 cm³/mol. The highest BCUT2D eigenvalue weighted by Gasteiger charge is 2.19. The first kappa shape index (κ1) is 25.6. The van der Waals surface area contributed by atoms with Crippen molar-refractivity contribution < 1.29 is 27.5 Å². The molecule has 0 bridgehead atoms. The molecule has 0 saturated carbocycles. The second-order valence-corrected chi connectivity index (χ2v) is 9.30. The van der Waals surface area contributed by atoms with E-state index in [0.717, 1.165) is 5.56 Å². The van der Waals surface area contributed by atoms with Gasteiger partial charge in [-0.05, 0) is 66.6 Å². The van der Waals surface area contributed by atoms with Crippen molar-refractivity contribution >= 4 is 27.5 Å². The zero-order valence-electron chi connectivity index (χ0n) is 19.6. The van der Waals surface area contributed by atoms with Crippen LogP contribution in [0.15, 0.2) is 71.6 Å². The van der Waals surface area contributed by atoms with Crippen molar-refractivity contribution in [2.75, 3.05) is 25.5 Å². The molecule has 3 N–H and O–H groups in total. The van der Waals surface area contributed by atoms with Crippen LogP contribution >= 0.6 is 0 Å². The number of aryl methyl sites for hydroxylation is 1. The second kappa shape index (κ2) is 11.4. The number of ether oxygens (including phenoxy) is 2. The summed E-state index contributed by atoms with van der Waals surface area (Å²) in [6, 6.07) is 17.9. The van der Waals surface area contributed by atoms with E-state index in [4.69, 9.17) is 9.47 Å². The average Bonchev–Trinajstić information content (AvgIpc) is 2.86. The lowest BCUT2D eigenvalue weighted by Crippen LogP contribution is -2.36. The molecule has 3 aromatic rings. The van der Waals surface area contributed by atoms with Crippen LogP contribution in [0, 0.1) is 6.92 Å². The number of carbonyl (C=O) groups excluding carboxylic acids is 2. The largest absolute Gasteiger partial charge is 0.497 e. The van der Waals surface area contributed by atoms with Crippen LogP contribution in [-0.4, -0.2) is 41.0 Å². The quantitative estimate of drug-likeness (QED) is 0.396. The fraction of sp³-hybridized carbons (Fsp3) is 0.200. The lowest BCUT2D eigenvalue weighted by atomic mass is 10.1. The summed E-state index contributed by atoms with van der Waals surface area (Å²) in [5.74, 6) is 0.377. The van der Waals surface area contributed by atoms with Crippen LogP contribution in [0.3, 0.4) is 0 Å². The molecule has 0 atom stereocenters. The Hall–Kier alpha value is -4.05. The summed E-state index contributed by atoms with van der Waals surface area (Å²) in [7, 11) is -0.851. The minimum Gasteiger partial charge on any atom is -0.497 e. The minimum absolute atomic E-state index is 0.0759. The van der Waals surface area contributed by atoms with E-state index in [1.165, 1.54) is 19.2 Å². The molecule has 0 saturated heterocycles. The van der Waals surface area contributed by atoms with Gasteiger partial charge in [-0.2, -0.15) is 0 Å². The van der Waals surface area contributed by atoms with Crippen molar-refractivity contribution in [3.8, 4) is 11.5 Å². The van der Waals surface area contributed by atoms with Gasteiger partial charge in [0, 0.05) is 17.8 Å². The van der Waals surface area contributed by atoms with Gasteiger partial charge in [0.1, 0.15) is 11.5 Å². The molecule has 0 fully saturated rings. The third kappa shape index (κ3) is 6.97. The first-order valence-electron chi connectivity index (χ1n) is 10.7. The van der Waals surface area contributed by atoms with Crippen molar-refractivity contribution in [1.82, 2.24) is 10.6 Å². The third-order valence-corrected chi connectivity index (χ3v) is 6.54. The van der Waals surface area contributed by atoms with Gasteiger partial charge >= 0.3 is 0 Å². The van der Waals surface area contributed by atoms with Gasteiger partial charge in [-0.1, -0.05) is 18.2 Å². The summed E-state index contributed by atoms with van der Waals surface area (Å²) in [5, 5.41) is 5.25. The number of benzene rings is 3. The normalized spacial score (nSPS) is 10.8. The van der Waals surface area contributed by atoms with E-state index in [0.29, 0.717) is 29.3 Å². The molecule has 9 nitrogen and oxygen atoms in total.